The summed E-state index contributed by atoms with van der Waals surface area (Å²) in [4.78, 5) is 1.36. The molecule has 0 saturated carbocycles. The van der Waals surface area contributed by atoms with Crippen LogP contribution in [-0.4, -0.2) is 0 Å². The summed E-state index contributed by atoms with van der Waals surface area (Å²) < 4.78 is 7.51. The van der Waals surface area contributed by atoms with Gasteiger partial charge in [0.25, 0.3) is 0 Å². The number of hydrogen-bond acceptors (Lipinski definition) is 2. The van der Waals surface area contributed by atoms with Gasteiger partial charge in [0, 0.05) is 25.7 Å². The molecule has 0 spiro atoms. The zero-order chi connectivity index (χ0) is 12.6. The highest BCUT2D eigenvalue weighted by molar-refractivity contribution is 7.19. The fourth-order valence-corrected chi connectivity index (χ4v) is 4.87. The second kappa shape index (κ2) is 3.40. The quantitative estimate of drug-likeness (QED) is 0.559. The molecule has 0 aliphatic carbocycles. The lowest BCUT2D eigenvalue weighted by Crippen LogP contribution is -2.00. The molecule has 0 amide bonds. The van der Waals surface area contributed by atoms with Gasteiger partial charge in [0.2, 0.25) is 0 Å². The van der Waals surface area contributed by atoms with Crippen LogP contribution in [0.15, 0.2) is 42.5 Å². The van der Waals surface area contributed by atoms with E-state index in [1.807, 2.05) is 23.5 Å². The van der Waals surface area contributed by atoms with Crippen LogP contribution in [0.3, 0.4) is 0 Å². The molecule has 0 radical (unpaired) electrons. The minimum Gasteiger partial charge on any atom is -0.355 e. The first kappa shape index (κ1) is 10.4. The first-order chi connectivity index (χ1) is 9.34. The van der Waals surface area contributed by atoms with Crippen molar-refractivity contribution in [1.82, 2.24) is 0 Å². The Morgan fingerprint density at radius 1 is 0.947 bits per heavy atom. The highest BCUT2D eigenvalue weighted by Gasteiger charge is 2.46. The molecule has 0 fully saturated rings. The van der Waals surface area contributed by atoms with Gasteiger partial charge in [-0.3, -0.25) is 0 Å². The van der Waals surface area contributed by atoms with Gasteiger partial charge in [0.15, 0.2) is 0 Å². The fraction of sp³-hybridized carbons (Fsp3) is 0.125. The van der Waals surface area contributed by atoms with Crippen LogP contribution in [-0.2, 0) is 4.74 Å². The van der Waals surface area contributed by atoms with Crippen LogP contribution in [0, 0.1) is 0 Å². The highest BCUT2D eigenvalue weighted by Crippen LogP contribution is 2.60. The molecule has 3 heterocycles. The number of rotatable bonds is 0. The third-order valence-electron chi connectivity index (χ3n) is 4.07. The van der Waals surface area contributed by atoms with Crippen molar-refractivity contribution >= 4 is 33.0 Å². The highest BCUT2D eigenvalue weighted by atomic mass is 35.5. The summed E-state index contributed by atoms with van der Waals surface area (Å²) in [6.45, 7) is 0. The Labute approximate surface area is 119 Å². The summed E-state index contributed by atoms with van der Waals surface area (Å²) in [6, 6.07) is 14.7. The van der Waals surface area contributed by atoms with E-state index in [9.17, 15) is 0 Å². The zero-order valence-electron chi connectivity index (χ0n) is 9.89. The van der Waals surface area contributed by atoms with Crippen LogP contribution < -0.4 is 0 Å². The van der Waals surface area contributed by atoms with Crippen LogP contribution in [0.4, 0.5) is 0 Å². The minimum absolute atomic E-state index is 0.0276. The molecular formula is C16H9ClOS. The van der Waals surface area contributed by atoms with Gasteiger partial charge >= 0.3 is 0 Å². The normalized spacial score (nSPS) is 22.8. The molecule has 3 aromatic rings. The van der Waals surface area contributed by atoms with Crippen LogP contribution in [0.2, 0.25) is 5.02 Å². The summed E-state index contributed by atoms with van der Waals surface area (Å²) in [5.41, 5.74) is 3.76. The van der Waals surface area contributed by atoms with Crippen molar-refractivity contribution in [2.24, 2.45) is 0 Å². The van der Waals surface area contributed by atoms with E-state index < -0.39 is 0 Å². The third-order valence-corrected chi connectivity index (χ3v) is 5.63. The lowest BCUT2D eigenvalue weighted by Gasteiger charge is -2.13. The Bertz CT molecular complexity index is 836. The van der Waals surface area contributed by atoms with Gasteiger partial charge in [-0.2, -0.15) is 0 Å². The number of hydrogen-bond donors (Lipinski definition) is 0. The molecule has 2 aliphatic rings. The van der Waals surface area contributed by atoms with E-state index in [2.05, 4.69) is 30.3 Å². The van der Waals surface area contributed by atoms with E-state index in [1.165, 1.54) is 31.7 Å². The van der Waals surface area contributed by atoms with Gasteiger partial charge in [-0.05, 0) is 23.1 Å². The summed E-state index contributed by atoms with van der Waals surface area (Å²) in [6.07, 6.45) is 0.117. The van der Waals surface area contributed by atoms with Crippen molar-refractivity contribution in [3.8, 4) is 0 Å². The van der Waals surface area contributed by atoms with E-state index in [0.717, 1.165) is 5.02 Å². The maximum Gasteiger partial charge on any atom is 0.119 e. The van der Waals surface area contributed by atoms with Gasteiger partial charge in [0.05, 0.1) is 0 Å². The van der Waals surface area contributed by atoms with Gasteiger partial charge in [-0.15, -0.1) is 11.3 Å². The number of halogens is 1. The SMILES string of the molecule is Clc1cccc2c1C1OC2c2sc3ccccc3c21. The molecule has 19 heavy (non-hydrogen) atoms. The first-order valence-corrected chi connectivity index (χ1v) is 7.49. The van der Waals surface area contributed by atoms with E-state index >= 15 is 0 Å². The lowest BCUT2D eigenvalue weighted by molar-refractivity contribution is 0.0872. The molecule has 0 N–H and O–H groups in total. The number of fused-ring (bicyclic) bond motifs is 10. The van der Waals surface area contributed by atoms with Crippen molar-refractivity contribution in [1.29, 1.82) is 0 Å². The van der Waals surface area contributed by atoms with Crippen molar-refractivity contribution < 1.29 is 4.74 Å². The molecule has 2 bridgehead atoms. The molecule has 1 aromatic heterocycles. The molecule has 2 aromatic carbocycles. The summed E-state index contributed by atoms with van der Waals surface area (Å²) in [7, 11) is 0. The van der Waals surface area contributed by atoms with Crippen LogP contribution >= 0.6 is 22.9 Å². The number of thiophene rings is 1. The molecule has 5 rings (SSSR count). The third kappa shape index (κ3) is 1.15. The van der Waals surface area contributed by atoms with E-state index in [1.54, 1.807) is 0 Å². The molecule has 3 heteroatoms. The summed E-state index contributed by atoms with van der Waals surface area (Å²) >= 11 is 8.22. The average molecular weight is 285 g/mol. The topological polar surface area (TPSA) is 9.23 Å². The van der Waals surface area contributed by atoms with E-state index in [-0.39, 0.29) is 12.2 Å². The van der Waals surface area contributed by atoms with Crippen molar-refractivity contribution in [3.63, 3.8) is 0 Å². The maximum atomic E-state index is 6.37. The van der Waals surface area contributed by atoms with Gasteiger partial charge in [-0.1, -0.05) is 41.9 Å². The smallest absolute Gasteiger partial charge is 0.119 e. The van der Waals surface area contributed by atoms with Crippen molar-refractivity contribution in [2.45, 2.75) is 12.2 Å². The van der Waals surface area contributed by atoms with Crippen LogP contribution in [0.5, 0.6) is 0 Å². The Hall–Kier alpha value is -1.35. The molecular weight excluding hydrogens is 276 g/mol. The predicted octanol–water partition coefficient (Wildman–Crippen LogP) is 5.08. The second-order valence-electron chi connectivity index (χ2n) is 5.02. The molecule has 2 aliphatic heterocycles. The van der Waals surface area contributed by atoms with Crippen LogP contribution in [0.1, 0.15) is 33.8 Å². The van der Waals surface area contributed by atoms with Gasteiger partial charge < -0.3 is 4.74 Å². The van der Waals surface area contributed by atoms with E-state index in [4.69, 9.17) is 16.3 Å². The molecule has 2 atom stereocenters. The monoisotopic (exact) mass is 284 g/mol. The molecule has 0 saturated heterocycles. The van der Waals surface area contributed by atoms with Gasteiger partial charge in [0.1, 0.15) is 12.2 Å². The fourth-order valence-electron chi connectivity index (χ4n) is 3.30. The Morgan fingerprint density at radius 3 is 2.79 bits per heavy atom. The minimum atomic E-state index is 0.0276. The predicted molar refractivity (Wildman–Crippen MR) is 78.0 cm³/mol. The van der Waals surface area contributed by atoms with E-state index in [0.29, 0.717) is 0 Å². The summed E-state index contributed by atoms with van der Waals surface area (Å²) in [5, 5.41) is 2.14. The first-order valence-electron chi connectivity index (χ1n) is 6.29. The largest absolute Gasteiger partial charge is 0.355 e. The zero-order valence-corrected chi connectivity index (χ0v) is 11.5. The van der Waals surface area contributed by atoms with Crippen molar-refractivity contribution in [2.75, 3.05) is 0 Å². The van der Waals surface area contributed by atoms with Crippen molar-refractivity contribution in [3.05, 3.63) is 69.1 Å². The lowest BCUT2D eigenvalue weighted by atomic mass is 9.89. The van der Waals surface area contributed by atoms with Crippen LogP contribution in [0.25, 0.3) is 10.1 Å². The standard InChI is InChI=1S/C16H9ClOS/c17-10-6-3-5-9-12(10)15-13-8-4-1-2-7-11(8)19-16(13)14(9)18-15/h1-7,14-15H. The number of benzene rings is 2. The average Bonchev–Trinajstić information content (AvgIpc) is 3.06. The molecule has 92 valence electrons. The van der Waals surface area contributed by atoms with Gasteiger partial charge in [-0.25, -0.2) is 0 Å². The summed E-state index contributed by atoms with van der Waals surface area (Å²) in [5.74, 6) is 0. The second-order valence-corrected chi connectivity index (χ2v) is 6.51. The molecule has 1 nitrogen and oxygen atoms in total. The Kier molecular flexibility index (Phi) is 1.87. The number of ether oxygens (including phenoxy) is 1. The Balaban J connectivity index is 1.88. The molecule has 2 unspecified atom stereocenters. The Morgan fingerprint density at radius 2 is 1.84 bits per heavy atom. The maximum absolute atomic E-state index is 6.37.